The molecule has 0 atom stereocenters. The van der Waals surface area contributed by atoms with Gasteiger partial charge < -0.3 is 0 Å². The number of hydrogen-bond acceptors (Lipinski definition) is 1. The molecule has 0 bridgehead atoms. The van der Waals surface area contributed by atoms with Crippen molar-refractivity contribution in [3.63, 3.8) is 0 Å². The maximum atomic E-state index is 4.67. The number of hydrogen-bond donors (Lipinski definition) is 0. The van der Waals surface area contributed by atoms with E-state index < -0.39 is 0 Å². The molecule has 1 nitrogen and oxygen atoms in total. The highest BCUT2D eigenvalue weighted by molar-refractivity contribution is 6.22. The summed E-state index contributed by atoms with van der Waals surface area (Å²) in [6.07, 6.45) is 1.86. The van der Waals surface area contributed by atoms with Crippen LogP contribution in [0.3, 0.4) is 0 Å². The van der Waals surface area contributed by atoms with Crippen LogP contribution in [0.2, 0.25) is 0 Å². The lowest BCUT2D eigenvalue weighted by atomic mass is 9.84. The molecular formula is C39H25N. The van der Waals surface area contributed by atoms with Crippen LogP contribution in [0.4, 0.5) is 0 Å². The standard InChI is InChI=1S/C39H25N/c1-2-11-27(12-3-1)38-33-14-6-7-15-34(33)39(36-25-29(19-22-35(36)38)37-16-8-9-23-40-37)30-20-21-32-28(24-30)18-17-26-10-4-5-13-31(26)32/h1-25H. The van der Waals surface area contributed by atoms with E-state index in [9.17, 15) is 0 Å². The van der Waals surface area contributed by atoms with Crippen LogP contribution in [-0.2, 0) is 0 Å². The maximum absolute atomic E-state index is 4.67. The Labute approximate surface area is 233 Å². The second-order valence-corrected chi connectivity index (χ2v) is 10.4. The van der Waals surface area contributed by atoms with Crippen LogP contribution in [-0.4, -0.2) is 4.98 Å². The topological polar surface area (TPSA) is 12.9 Å². The minimum atomic E-state index is 0.981. The molecule has 0 N–H and O–H groups in total. The zero-order valence-electron chi connectivity index (χ0n) is 21.9. The quantitative estimate of drug-likeness (QED) is 0.171. The van der Waals surface area contributed by atoms with Crippen molar-refractivity contribution in [2.24, 2.45) is 0 Å². The molecule has 1 heterocycles. The highest BCUT2D eigenvalue weighted by Gasteiger charge is 2.18. The fraction of sp³-hybridized carbons (Fsp3) is 0. The van der Waals surface area contributed by atoms with Crippen LogP contribution < -0.4 is 0 Å². The fourth-order valence-electron chi connectivity index (χ4n) is 6.27. The first-order chi connectivity index (χ1) is 19.8. The van der Waals surface area contributed by atoms with E-state index in [0.29, 0.717) is 0 Å². The number of nitrogens with zero attached hydrogens (tertiary/aromatic N) is 1. The molecule has 8 rings (SSSR count). The summed E-state index contributed by atoms with van der Waals surface area (Å²) in [7, 11) is 0. The molecule has 1 aromatic heterocycles. The fourth-order valence-corrected chi connectivity index (χ4v) is 6.27. The first kappa shape index (κ1) is 22.7. The Morgan fingerprint density at radius 2 is 0.925 bits per heavy atom. The lowest BCUT2D eigenvalue weighted by Crippen LogP contribution is -1.92. The number of fused-ring (bicyclic) bond motifs is 5. The molecule has 1 heteroatoms. The zero-order valence-corrected chi connectivity index (χ0v) is 21.9. The molecule has 0 amide bonds. The van der Waals surface area contributed by atoms with E-state index in [2.05, 4.69) is 145 Å². The molecule has 0 saturated carbocycles. The van der Waals surface area contributed by atoms with Gasteiger partial charge in [0.05, 0.1) is 5.69 Å². The van der Waals surface area contributed by atoms with Gasteiger partial charge in [-0.3, -0.25) is 4.98 Å². The third-order valence-electron chi connectivity index (χ3n) is 8.08. The largest absolute Gasteiger partial charge is 0.256 e. The van der Waals surface area contributed by atoms with Gasteiger partial charge in [0.2, 0.25) is 0 Å². The van der Waals surface area contributed by atoms with Gasteiger partial charge in [-0.2, -0.15) is 0 Å². The first-order valence-electron chi connectivity index (χ1n) is 13.7. The molecule has 186 valence electrons. The predicted molar refractivity (Wildman–Crippen MR) is 171 cm³/mol. The normalized spacial score (nSPS) is 11.5. The number of pyridine rings is 1. The smallest absolute Gasteiger partial charge is 0.0702 e. The molecule has 0 spiro atoms. The number of benzene rings is 7. The molecule has 7 aromatic carbocycles. The van der Waals surface area contributed by atoms with Crippen molar-refractivity contribution in [2.45, 2.75) is 0 Å². The first-order valence-corrected chi connectivity index (χ1v) is 13.7. The van der Waals surface area contributed by atoms with Gasteiger partial charge in [-0.05, 0) is 89.6 Å². The van der Waals surface area contributed by atoms with Gasteiger partial charge in [0.25, 0.3) is 0 Å². The Hall–Kier alpha value is -5.27. The van der Waals surface area contributed by atoms with E-state index >= 15 is 0 Å². The minimum absolute atomic E-state index is 0.981. The Bertz CT molecular complexity index is 2200. The summed E-state index contributed by atoms with van der Waals surface area (Å²) in [5.41, 5.74) is 7.09. The average molecular weight is 508 g/mol. The molecule has 0 radical (unpaired) electrons. The summed E-state index contributed by atoms with van der Waals surface area (Å²) in [5.74, 6) is 0. The molecule has 0 aliphatic carbocycles. The number of rotatable bonds is 3. The Kier molecular flexibility index (Phi) is 5.21. The average Bonchev–Trinajstić information content (AvgIpc) is 3.04. The Morgan fingerprint density at radius 1 is 0.325 bits per heavy atom. The van der Waals surface area contributed by atoms with E-state index in [1.54, 1.807) is 0 Å². The van der Waals surface area contributed by atoms with Crippen LogP contribution in [0.15, 0.2) is 152 Å². The van der Waals surface area contributed by atoms with Crippen LogP contribution in [0.1, 0.15) is 0 Å². The van der Waals surface area contributed by atoms with Gasteiger partial charge in [-0.25, -0.2) is 0 Å². The van der Waals surface area contributed by atoms with Gasteiger partial charge >= 0.3 is 0 Å². The second-order valence-electron chi connectivity index (χ2n) is 10.4. The summed E-state index contributed by atoms with van der Waals surface area (Å²) in [6.45, 7) is 0. The third-order valence-corrected chi connectivity index (χ3v) is 8.08. The van der Waals surface area contributed by atoms with Crippen molar-refractivity contribution in [2.75, 3.05) is 0 Å². The van der Waals surface area contributed by atoms with Crippen molar-refractivity contribution >= 4 is 43.1 Å². The Balaban J connectivity index is 1.50. The SMILES string of the molecule is c1ccc(-c2c3ccccc3c(-c3ccc4c(ccc5ccccc54)c3)c3cc(-c4ccccn4)ccc23)cc1. The van der Waals surface area contributed by atoms with Crippen molar-refractivity contribution in [3.8, 4) is 33.5 Å². The van der Waals surface area contributed by atoms with Gasteiger partial charge in [0.15, 0.2) is 0 Å². The number of aromatic nitrogens is 1. The maximum Gasteiger partial charge on any atom is 0.0702 e. The molecule has 8 aromatic rings. The zero-order chi connectivity index (χ0) is 26.5. The van der Waals surface area contributed by atoms with Crippen LogP contribution >= 0.6 is 0 Å². The summed E-state index contributed by atoms with van der Waals surface area (Å²) >= 11 is 0. The van der Waals surface area contributed by atoms with Crippen molar-refractivity contribution in [3.05, 3.63) is 152 Å². The van der Waals surface area contributed by atoms with Gasteiger partial charge in [-0.15, -0.1) is 0 Å². The monoisotopic (exact) mass is 507 g/mol. The molecule has 40 heavy (non-hydrogen) atoms. The van der Waals surface area contributed by atoms with Crippen molar-refractivity contribution in [1.82, 2.24) is 4.98 Å². The van der Waals surface area contributed by atoms with Crippen LogP contribution in [0.25, 0.3) is 76.6 Å². The summed E-state index contributed by atoms with van der Waals surface area (Å²) < 4.78 is 0. The van der Waals surface area contributed by atoms with E-state index in [-0.39, 0.29) is 0 Å². The van der Waals surface area contributed by atoms with Gasteiger partial charge in [-0.1, -0.05) is 121 Å². The molecule has 0 unspecified atom stereocenters. The van der Waals surface area contributed by atoms with Gasteiger partial charge in [0.1, 0.15) is 0 Å². The summed E-state index contributed by atoms with van der Waals surface area (Å²) in [5, 5.41) is 10.1. The minimum Gasteiger partial charge on any atom is -0.256 e. The predicted octanol–water partition coefficient (Wildman–Crippen LogP) is 10.7. The lowest BCUT2D eigenvalue weighted by molar-refractivity contribution is 1.33. The van der Waals surface area contributed by atoms with Gasteiger partial charge in [0, 0.05) is 11.8 Å². The highest BCUT2D eigenvalue weighted by Crippen LogP contribution is 2.45. The molecule has 0 aliphatic rings. The van der Waals surface area contributed by atoms with E-state index in [1.807, 2.05) is 12.3 Å². The van der Waals surface area contributed by atoms with Crippen molar-refractivity contribution < 1.29 is 0 Å². The van der Waals surface area contributed by atoms with Crippen LogP contribution in [0, 0.1) is 0 Å². The van der Waals surface area contributed by atoms with Crippen molar-refractivity contribution in [1.29, 1.82) is 0 Å². The molecule has 0 aliphatic heterocycles. The summed E-state index contributed by atoms with van der Waals surface area (Å²) in [4.78, 5) is 4.67. The molecule has 0 fully saturated rings. The lowest BCUT2D eigenvalue weighted by Gasteiger charge is -2.19. The summed E-state index contributed by atoms with van der Waals surface area (Å²) in [6, 6.07) is 52.6. The molecule has 0 saturated heterocycles. The van der Waals surface area contributed by atoms with E-state index in [1.165, 1.54) is 65.3 Å². The van der Waals surface area contributed by atoms with Crippen LogP contribution in [0.5, 0.6) is 0 Å². The Morgan fingerprint density at radius 3 is 1.73 bits per heavy atom. The molecular weight excluding hydrogens is 482 g/mol. The van der Waals surface area contributed by atoms with E-state index in [0.717, 1.165) is 11.3 Å². The third kappa shape index (κ3) is 3.60. The highest BCUT2D eigenvalue weighted by atomic mass is 14.7. The van der Waals surface area contributed by atoms with E-state index in [4.69, 9.17) is 0 Å². The second kappa shape index (κ2) is 9.18.